The zero-order valence-corrected chi connectivity index (χ0v) is 23.9. The van der Waals surface area contributed by atoms with Gasteiger partial charge >= 0.3 is 6.03 Å². The van der Waals surface area contributed by atoms with E-state index < -0.39 is 11.8 Å². The second kappa shape index (κ2) is 11.5. The third-order valence-corrected chi connectivity index (χ3v) is 8.58. The number of nitrogens with zero attached hydrogens (tertiary/aromatic N) is 7. The van der Waals surface area contributed by atoms with Gasteiger partial charge in [-0.1, -0.05) is 12.1 Å². The van der Waals surface area contributed by atoms with Crippen LogP contribution in [-0.2, 0) is 0 Å². The number of amides is 2. The number of methoxy groups -OCH3 is 1. The summed E-state index contributed by atoms with van der Waals surface area (Å²) >= 11 is 0. The van der Waals surface area contributed by atoms with Crippen LogP contribution in [0.2, 0.25) is 0 Å². The van der Waals surface area contributed by atoms with Crippen LogP contribution in [0.25, 0.3) is 22.3 Å². The van der Waals surface area contributed by atoms with E-state index in [4.69, 9.17) is 21.3 Å². The number of fused-ring (bicyclic) bond motifs is 1. The fraction of sp³-hybridized carbons (Fsp3) is 0.400. The number of urea groups is 1. The van der Waals surface area contributed by atoms with Crippen molar-refractivity contribution in [3.63, 3.8) is 0 Å². The normalized spacial score (nSPS) is 20.1. The second-order valence-electron chi connectivity index (χ2n) is 11.1. The second-order valence-corrected chi connectivity index (χ2v) is 11.1. The highest BCUT2D eigenvalue weighted by Crippen LogP contribution is 2.39. The van der Waals surface area contributed by atoms with Crippen molar-refractivity contribution in [2.45, 2.75) is 37.8 Å². The van der Waals surface area contributed by atoms with E-state index >= 15 is 4.39 Å². The van der Waals surface area contributed by atoms with Gasteiger partial charge in [0, 0.05) is 43.9 Å². The molecule has 0 unspecified atom stereocenters. The Labute approximate surface area is 243 Å². The zero-order chi connectivity index (χ0) is 29.4. The molecule has 0 bridgehead atoms. The minimum Gasteiger partial charge on any atom is -0.497 e. The molecule has 0 spiro atoms. The van der Waals surface area contributed by atoms with E-state index in [0.717, 1.165) is 56.8 Å². The van der Waals surface area contributed by atoms with E-state index in [1.54, 1.807) is 30.3 Å². The average Bonchev–Trinajstić information content (AvgIpc) is 3.40. The summed E-state index contributed by atoms with van der Waals surface area (Å²) in [7, 11) is 3.69. The molecule has 3 heterocycles. The predicted octanol–water partition coefficient (Wildman–Crippen LogP) is 4.17. The number of nitrogen functional groups attached to an aromatic ring is 1. The van der Waals surface area contributed by atoms with Gasteiger partial charge in [0.25, 0.3) is 0 Å². The Balaban J connectivity index is 1.31. The molecule has 6 rings (SSSR count). The molecule has 4 aromatic rings. The van der Waals surface area contributed by atoms with Gasteiger partial charge in [-0.2, -0.15) is 5.10 Å². The number of nitrogens with two attached hydrogens (primary N) is 2. The van der Waals surface area contributed by atoms with Crippen molar-refractivity contribution < 1.29 is 13.9 Å². The Morgan fingerprint density at radius 2 is 1.76 bits per heavy atom. The highest BCUT2D eigenvalue weighted by Gasteiger charge is 2.31. The minimum absolute atomic E-state index is 0.00897. The minimum atomic E-state index is -0.825. The number of aromatic nitrogens is 4. The number of halogens is 1. The number of benzene rings is 2. The van der Waals surface area contributed by atoms with Gasteiger partial charge in [0.05, 0.1) is 29.9 Å². The first-order chi connectivity index (χ1) is 20.3. The molecule has 4 N–H and O–H groups in total. The predicted molar refractivity (Wildman–Crippen MR) is 160 cm³/mol. The Morgan fingerprint density at radius 1 is 1.02 bits per heavy atom. The van der Waals surface area contributed by atoms with Gasteiger partial charge in [-0.15, -0.1) is 0 Å². The van der Waals surface area contributed by atoms with Gasteiger partial charge in [-0.25, -0.2) is 23.8 Å². The summed E-state index contributed by atoms with van der Waals surface area (Å²) < 4.78 is 22.9. The van der Waals surface area contributed by atoms with Crippen molar-refractivity contribution in [3.05, 3.63) is 54.6 Å². The number of ether oxygens (including phenoxy) is 1. The lowest BCUT2D eigenvalue weighted by atomic mass is 9.90. The van der Waals surface area contributed by atoms with Gasteiger partial charge < -0.3 is 21.1 Å². The Kier molecular flexibility index (Phi) is 7.65. The van der Waals surface area contributed by atoms with Crippen LogP contribution in [0, 0.1) is 5.82 Å². The molecule has 2 aromatic carbocycles. The van der Waals surface area contributed by atoms with Crippen LogP contribution in [0.1, 0.15) is 31.7 Å². The molecule has 0 atom stereocenters. The van der Waals surface area contributed by atoms with Crippen molar-refractivity contribution >= 4 is 34.3 Å². The number of carbonyl (C=O) groups is 1. The summed E-state index contributed by atoms with van der Waals surface area (Å²) in [6, 6.07) is 11.2. The van der Waals surface area contributed by atoms with Crippen LogP contribution in [0.3, 0.4) is 0 Å². The molecule has 2 aromatic heterocycles. The van der Waals surface area contributed by atoms with Crippen LogP contribution in [0.15, 0.2) is 48.8 Å². The summed E-state index contributed by atoms with van der Waals surface area (Å²) in [5.74, 6) is 0.160. The zero-order valence-electron chi connectivity index (χ0n) is 23.9. The van der Waals surface area contributed by atoms with Crippen LogP contribution in [0.5, 0.6) is 5.75 Å². The Bertz CT molecular complexity index is 1590. The molecule has 2 amide bonds. The van der Waals surface area contributed by atoms with Gasteiger partial charge in [0.15, 0.2) is 5.65 Å². The Morgan fingerprint density at radius 3 is 2.45 bits per heavy atom. The monoisotopic (exact) mass is 573 g/mol. The van der Waals surface area contributed by atoms with Crippen molar-refractivity contribution in [1.29, 1.82) is 0 Å². The first kappa shape index (κ1) is 27.9. The number of rotatable bonds is 6. The number of primary amides is 1. The fourth-order valence-corrected chi connectivity index (χ4v) is 6.28. The molecule has 1 aliphatic heterocycles. The van der Waals surface area contributed by atoms with E-state index in [1.165, 1.54) is 25.6 Å². The molecule has 11 nitrogen and oxygen atoms in total. The van der Waals surface area contributed by atoms with Gasteiger partial charge in [0.1, 0.15) is 29.4 Å². The topological polar surface area (TPSA) is 132 Å². The lowest BCUT2D eigenvalue weighted by Gasteiger charge is -2.41. The number of carbonyl (C=O) groups excluding carboxylic acids is 1. The highest BCUT2D eigenvalue weighted by atomic mass is 19.1. The largest absolute Gasteiger partial charge is 0.497 e. The molecule has 1 saturated heterocycles. The summed E-state index contributed by atoms with van der Waals surface area (Å²) in [5.41, 5.74) is 14.1. The SMILES string of the molecule is COc1cccc(N(C(N)=O)c2ccc(-c3nn([C@H]4CC[C@H](N5CCN(C)CC5)CC4)c4ncnc(N)c34)cc2F)c1. The third kappa shape index (κ3) is 5.23. The molecule has 220 valence electrons. The van der Waals surface area contributed by atoms with Crippen LogP contribution >= 0.6 is 0 Å². The van der Waals surface area contributed by atoms with E-state index in [0.29, 0.717) is 39.8 Å². The molecule has 1 saturated carbocycles. The number of hydrogen-bond acceptors (Lipinski definition) is 8. The molecule has 0 radical (unpaired) electrons. The van der Waals surface area contributed by atoms with Crippen molar-refractivity contribution in [2.75, 3.05) is 51.0 Å². The van der Waals surface area contributed by atoms with Crippen LogP contribution < -0.4 is 21.1 Å². The maximum atomic E-state index is 15.7. The van der Waals surface area contributed by atoms with Crippen LogP contribution in [0.4, 0.5) is 26.4 Å². The summed E-state index contributed by atoms with van der Waals surface area (Å²) in [5, 5.41) is 5.54. The van der Waals surface area contributed by atoms with Gasteiger partial charge in [-0.3, -0.25) is 9.80 Å². The average molecular weight is 574 g/mol. The van der Waals surface area contributed by atoms with E-state index in [1.807, 2.05) is 4.68 Å². The van der Waals surface area contributed by atoms with Crippen molar-refractivity contribution in [1.82, 2.24) is 29.5 Å². The molecule has 2 fully saturated rings. The first-order valence-corrected chi connectivity index (χ1v) is 14.3. The lowest BCUT2D eigenvalue weighted by Crippen LogP contribution is -2.49. The number of anilines is 3. The number of hydrogen-bond donors (Lipinski definition) is 2. The molecule has 12 heteroatoms. The van der Waals surface area contributed by atoms with E-state index in [9.17, 15) is 4.79 Å². The Hall–Kier alpha value is -4.29. The van der Waals surface area contributed by atoms with Crippen molar-refractivity contribution in [3.8, 4) is 17.0 Å². The smallest absolute Gasteiger partial charge is 0.323 e. The number of piperazine rings is 1. The number of likely N-dealkylation sites (N-methyl/N-ethyl adjacent to an activating group) is 1. The van der Waals surface area contributed by atoms with Crippen molar-refractivity contribution in [2.24, 2.45) is 5.73 Å². The third-order valence-electron chi connectivity index (χ3n) is 8.58. The van der Waals surface area contributed by atoms with E-state index in [2.05, 4.69) is 26.8 Å². The van der Waals surface area contributed by atoms with Gasteiger partial charge in [-0.05, 0) is 57.0 Å². The van der Waals surface area contributed by atoms with E-state index in [-0.39, 0.29) is 17.5 Å². The molecular weight excluding hydrogens is 537 g/mol. The standard InChI is InChI=1S/C30H36FN9O2/c1-37-12-14-38(15-13-37)20-7-9-21(10-8-20)40-29-26(28(32)34-18-35-29)27(36-40)19-6-11-25(24(31)16-19)39(30(33)41)22-4-3-5-23(17-22)42-2/h3-6,11,16-18,20-21H,7-10,12-15H2,1-2H3,(H2,33,41)(H2,32,34,35)/t20-,21-. The first-order valence-electron chi connectivity index (χ1n) is 14.3. The lowest BCUT2D eigenvalue weighted by molar-refractivity contribution is 0.0815. The van der Waals surface area contributed by atoms with Crippen LogP contribution in [-0.4, -0.2) is 82.0 Å². The highest BCUT2D eigenvalue weighted by molar-refractivity contribution is 6.00. The quantitative estimate of drug-likeness (QED) is 0.351. The summed E-state index contributed by atoms with van der Waals surface area (Å²) in [6.07, 6.45) is 5.56. The summed E-state index contributed by atoms with van der Waals surface area (Å²) in [4.78, 5) is 27.3. The molecular formula is C30H36FN9O2. The molecule has 42 heavy (non-hydrogen) atoms. The molecule has 2 aliphatic rings. The maximum absolute atomic E-state index is 15.7. The van der Waals surface area contributed by atoms with Gasteiger partial charge in [0.2, 0.25) is 0 Å². The summed E-state index contributed by atoms with van der Waals surface area (Å²) in [6.45, 7) is 4.43. The fourth-order valence-electron chi connectivity index (χ4n) is 6.28. The molecule has 1 aliphatic carbocycles. The maximum Gasteiger partial charge on any atom is 0.323 e.